The van der Waals surface area contributed by atoms with Gasteiger partial charge in [-0.05, 0) is 81.6 Å². The number of unbranched alkanes of at least 4 members (excludes halogenated alkanes) is 1. The third kappa shape index (κ3) is 5.48. The van der Waals surface area contributed by atoms with Crippen LogP contribution in [0.2, 0.25) is 0 Å². The summed E-state index contributed by atoms with van der Waals surface area (Å²) in [6.45, 7) is 9.94. The predicted octanol–water partition coefficient (Wildman–Crippen LogP) is 5.28. The van der Waals surface area contributed by atoms with Crippen LogP contribution in [0.25, 0.3) is 5.52 Å². The van der Waals surface area contributed by atoms with Gasteiger partial charge in [0.25, 0.3) is 0 Å². The van der Waals surface area contributed by atoms with Crippen molar-refractivity contribution in [3.63, 3.8) is 0 Å². The molecule has 0 saturated carbocycles. The first kappa shape index (κ1) is 21.1. The number of pyridine rings is 1. The van der Waals surface area contributed by atoms with E-state index < -0.39 is 0 Å². The summed E-state index contributed by atoms with van der Waals surface area (Å²) in [7, 11) is 0. The fourth-order valence-corrected chi connectivity index (χ4v) is 3.43. The van der Waals surface area contributed by atoms with Gasteiger partial charge >= 0.3 is 0 Å². The van der Waals surface area contributed by atoms with Crippen LogP contribution in [0.4, 0.5) is 0 Å². The lowest BCUT2D eigenvalue weighted by atomic mass is 10.0. The van der Waals surface area contributed by atoms with Crippen LogP contribution in [0.15, 0.2) is 54.7 Å². The Hall–Kier alpha value is -2.59. The van der Waals surface area contributed by atoms with Gasteiger partial charge in [0.1, 0.15) is 12.4 Å². The predicted molar refractivity (Wildman–Crippen MR) is 119 cm³/mol. The molecule has 0 aliphatic heterocycles. The van der Waals surface area contributed by atoms with Gasteiger partial charge in [0.15, 0.2) is 0 Å². The number of hydrogen-bond acceptors (Lipinski definition) is 3. The molecule has 29 heavy (non-hydrogen) atoms. The molecular formula is C25H32N2O2. The standard InChI is InChI=1S/C25H32N2O2/c1-5-6-9-20-18-21-10-7-8-16-27(21)23(20)24(28)19-11-13-22(14-12-19)29-17-15-26-25(2,3)4/h7-8,10-14,16,18,26H,5-6,9,15,17H2,1-4H3. The number of ether oxygens (including phenoxy) is 1. The smallest absolute Gasteiger partial charge is 0.210 e. The molecule has 4 heteroatoms. The van der Waals surface area contributed by atoms with Crippen molar-refractivity contribution in [2.75, 3.05) is 13.2 Å². The van der Waals surface area contributed by atoms with Crippen molar-refractivity contribution in [3.05, 3.63) is 71.5 Å². The molecule has 0 saturated heterocycles. The van der Waals surface area contributed by atoms with Crippen molar-refractivity contribution < 1.29 is 9.53 Å². The molecule has 0 bridgehead atoms. The molecule has 2 aromatic heterocycles. The lowest BCUT2D eigenvalue weighted by Crippen LogP contribution is -2.38. The quantitative estimate of drug-likeness (QED) is 0.398. The number of ketones is 1. The van der Waals surface area contributed by atoms with Crippen molar-refractivity contribution in [1.29, 1.82) is 0 Å². The van der Waals surface area contributed by atoms with Gasteiger partial charge in [-0.1, -0.05) is 19.4 Å². The van der Waals surface area contributed by atoms with Crippen molar-refractivity contribution in [1.82, 2.24) is 9.72 Å². The average molecular weight is 393 g/mol. The Balaban J connectivity index is 1.75. The first-order chi connectivity index (χ1) is 13.9. The Morgan fingerprint density at radius 2 is 1.86 bits per heavy atom. The number of rotatable bonds is 9. The summed E-state index contributed by atoms with van der Waals surface area (Å²) in [5, 5.41) is 3.40. The fourth-order valence-electron chi connectivity index (χ4n) is 3.43. The van der Waals surface area contributed by atoms with Gasteiger partial charge in [-0.15, -0.1) is 0 Å². The van der Waals surface area contributed by atoms with E-state index in [1.54, 1.807) is 0 Å². The van der Waals surface area contributed by atoms with Gasteiger partial charge in [-0.25, -0.2) is 0 Å². The number of carbonyl (C=O) groups is 1. The zero-order chi connectivity index (χ0) is 20.9. The molecule has 4 nitrogen and oxygen atoms in total. The Bertz CT molecular complexity index is 949. The maximum atomic E-state index is 13.3. The third-order valence-corrected chi connectivity index (χ3v) is 4.92. The van der Waals surface area contributed by atoms with E-state index in [2.05, 4.69) is 45.1 Å². The molecule has 0 aliphatic rings. The summed E-state index contributed by atoms with van der Waals surface area (Å²) in [5.74, 6) is 0.840. The van der Waals surface area contributed by atoms with E-state index in [0.29, 0.717) is 12.2 Å². The van der Waals surface area contributed by atoms with Gasteiger partial charge in [0.05, 0.1) is 5.69 Å². The monoisotopic (exact) mass is 392 g/mol. The summed E-state index contributed by atoms with van der Waals surface area (Å²) in [6.07, 6.45) is 5.07. The highest BCUT2D eigenvalue weighted by atomic mass is 16.5. The number of aryl methyl sites for hydroxylation is 1. The number of nitrogens with zero attached hydrogens (tertiary/aromatic N) is 1. The number of aromatic nitrogens is 1. The fraction of sp³-hybridized carbons (Fsp3) is 0.400. The van der Waals surface area contributed by atoms with Crippen molar-refractivity contribution in [3.8, 4) is 5.75 Å². The highest BCUT2D eigenvalue weighted by Gasteiger charge is 2.19. The molecule has 154 valence electrons. The Kier molecular flexibility index (Phi) is 6.75. The zero-order valence-corrected chi connectivity index (χ0v) is 18.0. The van der Waals surface area contributed by atoms with E-state index in [9.17, 15) is 4.79 Å². The molecular weight excluding hydrogens is 360 g/mol. The maximum absolute atomic E-state index is 13.3. The van der Waals surface area contributed by atoms with Crippen LogP contribution < -0.4 is 10.1 Å². The molecule has 0 unspecified atom stereocenters. The Labute approximate surface area is 173 Å². The van der Waals surface area contributed by atoms with Crippen LogP contribution in [0.3, 0.4) is 0 Å². The Morgan fingerprint density at radius 1 is 1.10 bits per heavy atom. The molecule has 0 aliphatic carbocycles. The van der Waals surface area contributed by atoms with E-state index in [1.807, 2.05) is 47.0 Å². The normalized spacial score (nSPS) is 11.7. The van der Waals surface area contributed by atoms with Crippen LogP contribution in [-0.4, -0.2) is 28.9 Å². The lowest BCUT2D eigenvalue weighted by molar-refractivity contribution is 0.103. The van der Waals surface area contributed by atoms with Crippen LogP contribution >= 0.6 is 0 Å². The molecule has 3 rings (SSSR count). The number of fused-ring (bicyclic) bond motifs is 1. The van der Waals surface area contributed by atoms with Crippen molar-refractivity contribution in [2.45, 2.75) is 52.5 Å². The Morgan fingerprint density at radius 3 is 2.55 bits per heavy atom. The van der Waals surface area contributed by atoms with Gasteiger partial charge in [0.2, 0.25) is 5.78 Å². The lowest BCUT2D eigenvalue weighted by Gasteiger charge is -2.20. The van der Waals surface area contributed by atoms with Crippen LogP contribution in [0, 0.1) is 0 Å². The van der Waals surface area contributed by atoms with Gasteiger partial charge in [-0.3, -0.25) is 4.79 Å². The average Bonchev–Trinajstić information content (AvgIpc) is 3.07. The topological polar surface area (TPSA) is 42.7 Å². The number of hydrogen-bond donors (Lipinski definition) is 1. The van der Waals surface area contributed by atoms with E-state index in [4.69, 9.17) is 4.74 Å². The van der Waals surface area contributed by atoms with Crippen LogP contribution in [-0.2, 0) is 6.42 Å². The van der Waals surface area contributed by atoms with E-state index >= 15 is 0 Å². The second-order valence-corrected chi connectivity index (χ2v) is 8.50. The first-order valence-corrected chi connectivity index (χ1v) is 10.5. The highest BCUT2D eigenvalue weighted by molar-refractivity contribution is 6.09. The molecule has 0 atom stereocenters. The minimum absolute atomic E-state index is 0.0586. The molecule has 0 radical (unpaired) electrons. The van der Waals surface area contributed by atoms with Crippen LogP contribution in [0.5, 0.6) is 5.75 Å². The van der Waals surface area contributed by atoms with Gasteiger partial charge < -0.3 is 14.5 Å². The molecule has 2 heterocycles. The SMILES string of the molecule is CCCCc1cc2ccccn2c1C(=O)c1ccc(OCCNC(C)(C)C)cc1. The maximum Gasteiger partial charge on any atom is 0.210 e. The van der Waals surface area contributed by atoms with Crippen molar-refractivity contribution in [2.24, 2.45) is 0 Å². The van der Waals surface area contributed by atoms with Gasteiger partial charge in [-0.2, -0.15) is 0 Å². The second kappa shape index (κ2) is 9.27. The largest absolute Gasteiger partial charge is 0.492 e. The number of benzene rings is 1. The number of carbonyl (C=O) groups excluding carboxylic acids is 1. The zero-order valence-electron chi connectivity index (χ0n) is 18.0. The highest BCUT2D eigenvalue weighted by Crippen LogP contribution is 2.23. The third-order valence-electron chi connectivity index (χ3n) is 4.92. The van der Waals surface area contributed by atoms with E-state index in [0.717, 1.165) is 48.3 Å². The molecule has 0 amide bonds. The first-order valence-electron chi connectivity index (χ1n) is 10.5. The molecule has 1 N–H and O–H groups in total. The summed E-state index contributed by atoms with van der Waals surface area (Å²) in [5.41, 5.74) is 3.73. The van der Waals surface area contributed by atoms with Crippen LogP contribution in [0.1, 0.15) is 62.2 Å². The molecule has 0 spiro atoms. The summed E-state index contributed by atoms with van der Waals surface area (Å²) in [6, 6.07) is 15.7. The van der Waals surface area contributed by atoms with Gasteiger partial charge in [0, 0.05) is 29.4 Å². The summed E-state index contributed by atoms with van der Waals surface area (Å²) < 4.78 is 7.80. The minimum atomic E-state index is 0.0586. The summed E-state index contributed by atoms with van der Waals surface area (Å²) >= 11 is 0. The summed E-state index contributed by atoms with van der Waals surface area (Å²) in [4.78, 5) is 13.3. The molecule has 1 aromatic carbocycles. The molecule has 3 aromatic rings. The molecule has 0 fully saturated rings. The van der Waals surface area contributed by atoms with Crippen molar-refractivity contribution >= 4 is 11.3 Å². The second-order valence-electron chi connectivity index (χ2n) is 8.50. The number of nitrogens with one attached hydrogen (secondary N) is 1. The minimum Gasteiger partial charge on any atom is -0.492 e. The van der Waals surface area contributed by atoms with E-state index in [1.165, 1.54) is 0 Å². The van der Waals surface area contributed by atoms with E-state index in [-0.39, 0.29) is 11.3 Å².